The lowest BCUT2D eigenvalue weighted by Gasteiger charge is -2.40. The summed E-state index contributed by atoms with van der Waals surface area (Å²) in [7, 11) is -3.17. The van der Waals surface area contributed by atoms with Crippen LogP contribution in [0, 0.1) is 0 Å². The maximum atomic E-state index is 11.6. The van der Waals surface area contributed by atoms with Crippen LogP contribution in [0.2, 0.25) is 5.02 Å². The molecule has 8 heteroatoms. The maximum absolute atomic E-state index is 11.6. The van der Waals surface area contributed by atoms with Crippen LogP contribution in [-0.2, 0) is 31.5 Å². The van der Waals surface area contributed by atoms with Crippen molar-refractivity contribution in [2.24, 2.45) is 5.73 Å². The molecule has 1 spiro atoms. The Morgan fingerprint density at radius 2 is 1.90 bits per heavy atom. The van der Waals surface area contributed by atoms with Crippen LogP contribution in [0.4, 0.5) is 0 Å². The predicted octanol–water partition coefficient (Wildman–Crippen LogP) is 3.24. The molecule has 162 valence electrons. The smallest absolute Gasteiger partial charge is 0.175 e. The first-order valence-corrected chi connectivity index (χ1v) is 12.3. The molecule has 0 bridgehead atoms. The van der Waals surface area contributed by atoms with Crippen molar-refractivity contribution in [3.63, 3.8) is 0 Å². The lowest BCUT2D eigenvalue weighted by molar-refractivity contribution is -0.129. The third-order valence-electron chi connectivity index (χ3n) is 6.03. The number of fused-ring (bicyclic) bond motifs is 2. The van der Waals surface area contributed by atoms with E-state index in [4.69, 9.17) is 26.8 Å². The molecule has 1 fully saturated rings. The van der Waals surface area contributed by atoms with E-state index >= 15 is 0 Å². The van der Waals surface area contributed by atoms with E-state index in [1.165, 1.54) is 6.26 Å². The van der Waals surface area contributed by atoms with E-state index in [9.17, 15) is 8.42 Å². The molecule has 2 heterocycles. The molecule has 2 aromatic carbocycles. The van der Waals surface area contributed by atoms with Gasteiger partial charge >= 0.3 is 0 Å². The van der Waals surface area contributed by atoms with Crippen molar-refractivity contribution in [1.29, 1.82) is 0 Å². The zero-order chi connectivity index (χ0) is 21.4. The van der Waals surface area contributed by atoms with Crippen LogP contribution in [0.3, 0.4) is 0 Å². The van der Waals surface area contributed by atoms with Gasteiger partial charge in [-0.3, -0.25) is 4.90 Å². The molecule has 30 heavy (non-hydrogen) atoms. The lowest BCUT2D eigenvalue weighted by Crippen LogP contribution is -2.42. The minimum atomic E-state index is -3.17. The third kappa shape index (κ3) is 4.42. The highest BCUT2D eigenvalue weighted by atomic mass is 35.5. The quantitative estimate of drug-likeness (QED) is 0.680. The molecule has 2 aromatic rings. The Labute approximate surface area is 182 Å². The van der Waals surface area contributed by atoms with Gasteiger partial charge in [0.15, 0.2) is 9.84 Å². The molecule has 1 saturated heterocycles. The van der Waals surface area contributed by atoms with Crippen LogP contribution in [0.15, 0.2) is 47.4 Å². The number of rotatable bonds is 6. The Kier molecular flexibility index (Phi) is 6.21. The minimum absolute atomic E-state index is 0.129. The van der Waals surface area contributed by atoms with Crippen molar-refractivity contribution in [1.82, 2.24) is 4.90 Å². The number of nitrogens with two attached hydrogens (primary N) is 1. The fraction of sp³-hybridized carbons (Fsp3) is 0.455. The maximum Gasteiger partial charge on any atom is 0.175 e. The molecule has 4 rings (SSSR count). The van der Waals surface area contributed by atoms with Crippen molar-refractivity contribution < 1.29 is 17.9 Å². The molecule has 2 N–H and O–H groups in total. The van der Waals surface area contributed by atoms with Gasteiger partial charge in [-0.05, 0) is 53.8 Å². The Balaban J connectivity index is 1.45. The van der Waals surface area contributed by atoms with Crippen LogP contribution in [-0.4, -0.2) is 46.0 Å². The molecule has 6 nitrogen and oxygen atoms in total. The van der Waals surface area contributed by atoms with Gasteiger partial charge in [-0.2, -0.15) is 0 Å². The Morgan fingerprint density at radius 1 is 1.20 bits per heavy atom. The number of halogens is 1. The summed E-state index contributed by atoms with van der Waals surface area (Å²) in [5.41, 5.74) is 8.56. The summed E-state index contributed by atoms with van der Waals surface area (Å²) in [5, 5.41) is 0.713. The first kappa shape index (κ1) is 21.7. The third-order valence-corrected chi connectivity index (χ3v) is 7.39. The van der Waals surface area contributed by atoms with E-state index < -0.39 is 9.84 Å². The van der Waals surface area contributed by atoms with Crippen molar-refractivity contribution in [3.05, 3.63) is 64.2 Å². The molecule has 0 aromatic heterocycles. The molecular weight excluding hydrogens is 424 g/mol. The van der Waals surface area contributed by atoms with Gasteiger partial charge < -0.3 is 15.2 Å². The van der Waals surface area contributed by atoms with E-state index in [1.54, 1.807) is 12.1 Å². The number of ether oxygens (including phenoxy) is 2. The van der Waals surface area contributed by atoms with E-state index in [1.807, 2.05) is 30.3 Å². The number of hydrogen-bond donors (Lipinski definition) is 1. The fourth-order valence-corrected chi connectivity index (χ4v) is 5.26. The van der Waals surface area contributed by atoms with Crippen molar-refractivity contribution in [3.8, 4) is 0 Å². The van der Waals surface area contributed by atoms with Crippen LogP contribution in [0.25, 0.3) is 0 Å². The molecule has 0 radical (unpaired) electrons. The van der Waals surface area contributed by atoms with Gasteiger partial charge in [0.2, 0.25) is 0 Å². The first-order valence-electron chi connectivity index (χ1n) is 10.1. The molecule has 2 aliphatic rings. The predicted molar refractivity (Wildman–Crippen MR) is 116 cm³/mol. The molecular formula is C22H27ClN2O4S. The van der Waals surface area contributed by atoms with E-state index in [2.05, 4.69) is 4.90 Å². The molecule has 0 saturated carbocycles. The standard InChI is InChI=1S/C22H27ClN2O4S/c1-30(26,27)18-5-2-16(3-6-18)13-25-10-8-22(9-11-25)20-12-17(23)4-7-19(20)21(29-22)14-28-15-24/h2-7,12,21H,8-11,13-15,24H2,1H3. The first-order chi connectivity index (χ1) is 14.3. The van der Waals surface area contributed by atoms with Crippen molar-refractivity contribution in [2.75, 3.05) is 32.7 Å². The largest absolute Gasteiger partial charge is 0.363 e. The zero-order valence-corrected chi connectivity index (χ0v) is 18.6. The number of hydrogen-bond acceptors (Lipinski definition) is 6. The summed E-state index contributed by atoms with van der Waals surface area (Å²) in [4.78, 5) is 2.72. The number of piperidine rings is 1. The fourth-order valence-electron chi connectivity index (χ4n) is 4.46. The van der Waals surface area contributed by atoms with E-state index in [0.717, 1.165) is 49.2 Å². The van der Waals surface area contributed by atoms with Crippen LogP contribution < -0.4 is 5.73 Å². The summed E-state index contributed by atoms with van der Waals surface area (Å²) < 4.78 is 35.3. The van der Waals surface area contributed by atoms with Gasteiger partial charge in [0, 0.05) is 30.9 Å². The van der Waals surface area contributed by atoms with E-state index in [0.29, 0.717) is 16.5 Å². The molecule has 1 unspecified atom stereocenters. The highest BCUT2D eigenvalue weighted by Crippen LogP contribution is 2.50. The second kappa shape index (κ2) is 8.57. The lowest BCUT2D eigenvalue weighted by atomic mass is 9.83. The van der Waals surface area contributed by atoms with Crippen LogP contribution in [0.1, 0.15) is 35.6 Å². The van der Waals surface area contributed by atoms with E-state index in [-0.39, 0.29) is 18.4 Å². The number of sulfone groups is 1. The molecule has 1 atom stereocenters. The Morgan fingerprint density at radius 3 is 2.53 bits per heavy atom. The highest BCUT2D eigenvalue weighted by molar-refractivity contribution is 7.90. The second-order valence-electron chi connectivity index (χ2n) is 8.06. The average Bonchev–Trinajstić information content (AvgIpc) is 3.00. The molecule has 0 aliphatic carbocycles. The van der Waals surface area contributed by atoms with Gasteiger partial charge in [0.05, 0.1) is 23.8 Å². The summed E-state index contributed by atoms with van der Waals surface area (Å²) in [6.07, 6.45) is 2.82. The summed E-state index contributed by atoms with van der Waals surface area (Å²) in [5.74, 6) is 0. The number of nitrogens with zero attached hydrogens (tertiary/aromatic N) is 1. The van der Waals surface area contributed by atoms with Gasteiger partial charge in [0.25, 0.3) is 0 Å². The summed E-state index contributed by atoms with van der Waals surface area (Å²) >= 11 is 6.30. The molecule has 2 aliphatic heterocycles. The normalized spacial score (nSPS) is 21.1. The Hall–Kier alpha value is -1.48. The highest BCUT2D eigenvalue weighted by Gasteiger charge is 2.46. The Bertz CT molecular complexity index is 1000. The van der Waals surface area contributed by atoms with Crippen LogP contribution >= 0.6 is 11.6 Å². The van der Waals surface area contributed by atoms with Gasteiger partial charge in [-0.1, -0.05) is 29.8 Å². The topological polar surface area (TPSA) is 81.9 Å². The second-order valence-corrected chi connectivity index (χ2v) is 10.5. The van der Waals surface area contributed by atoms with Gasteiger partial charge in [-0.15, -0.1) is 0 Å². The van der Waals surface area contributed by atoms with Crippen LogP contribution in [0.5, 0.6) is 0 Å². The summed E-state index contributed by atoms with van der Waals surface area (Å²) in [6.45, 7) is 3.14. The van der Waals surface area contributed by atoms with Gasteiger partial charge in [-0.25, -0.2) is 8.42 Å². The van der Waals surface area contributed by atoms with Crippen molar-refractivity contribution >= 4 is 21.4 Å². The van der Waals surface area contributed by atoms with Gasteiger partial charge in [0.1, 0.15) is 6.10 Å². The number of likely N-dealkylation sites (tertiary alicyclic amines) is 1. The minimum Gasteiger partial charge on any atom is -0.363 e. The SMILES string of the molecule is CS(=O)(=O)c1ccc(CN2CCC3(CC2)OC(COCN)c2ccc(Cl)cc23)cc1. The summed E-state index contributed by atoms with van der Waals surface area (Å²) in [6, 6.07) is 13.1. The monoisotopic (exact) mass is 450 g/mol. The number of benzene rings is 2. The zero-order valence-electron chi connectivity index (χ0n) is 17.0. The molecule has 0 amide bonds. The van der Waals surface area contributed by atoms with Crippen molar-refractivity contribution in [2.45, 2.75) is 36.0 Å². The average molecular weight is 451 g/mol.